The maximum atomic E-state index is 12.9. The number of carboxylic acid groups (broad SMARTS) is 1. The largest absolute Gasteiger partial charge is 0.497 e. The molecule has 0 spiro atoms. The second-order valence-corrected chi connectivity index (χ2v) is 11.1. The summed E-state index contributed by atoms with van der Waals surface area (Å²) in [6, 6.07) is 18.1. The van der Waals surface area contributed by atoms with E-state index in [2.05, 4.69) is 15.6 Å². The highest BCUT2D eigenvalue weighted by molar-refractivity contribution is 6.05. The topological polar surface area (TPSA) is 144 Å². The molecule has 2 amide bonds. The lowest BCUT2D eigenvalue weighted by atomic mass is 10.0. The van der Waals surface area contributed by atoms with Crippen molar-refractivity contribution in [3.63, 3.8) is 0 Å². The summed E-state index contributed by atoms with van der Waals surface area (Å²) in [5.74, 6) is 2.20. The number of hydrogen-bond acceptors (Lipinski definition) is 8. The van der Waals surface area contributed by atoms with Crippen LogP contribution in [0, 0.1) is 6.92 Å². The third-order valence-corrected chi connectivity index (χ3v) is 8.19. The average Bonchev–Trinajstić information content (AvgIpc) is 3.50. The molecule has 46 heavy (non-hydrogen) atoms. The van der Waals surface area contributed by atoms with Crippen LogP contribution in [0.5, 0.6) is 11.5 Å². The van der Waals surface area contributed by atoms with Crippen LogP contribution in [0.1, 0.15) is 40.4 Å². The highest BCUT2D eigenvalue weighted by atomic mass is 16.5. The number of benzene rings is 2. The SMILES string of the molecule is COc1ccc(CNc2ncc(C)c3c2c(-c2ccc(C(=O)Nc4ccccn4)cc2)nn3[C@@H]2CCCN(C(=O)O)C2)c(OC)c1. The Morgan fingerprint density at radius 3 is 2.59 bits per heavy atom. The Balaban J connectivity index is 1.40. The number of nitrogens with one attached hydrogen (secondary N) is 2. The lowest BCUT2D eigenvalue weighted by molar-refractivity contribution is 0.102. The number of aryl methyl sites for hydroxylation is 1. The molecule has 3 N–H and O–H groups in total. The van der Waals surface area contributed by atoms with Gasteiger partial charge in [-0.15, -0.1) is 0 Å². The zero-order valence-corrected chi connectivity index (χ0v) is 25.9. The molecule has 5 aromatic rings. The van der Waals surface area contributed by atoms with Gasteiger partial charge in [-0.2, -0.15) is 5.10 Å². The molecule has 4 heterocycles. The molecular weight excluding hydrogens is 586 g/mol. The van der Waals surface area contributed by atoms with E-state index in [-0.39, 0.29) is 11.9 Å². The van der Waals surface area contributed by atoms with E-state index in [0.717, 1.165) is 40.4 Å². The Kier molecular flexibility index (Phi) is 8.68. The highest BCUT2D eigenvalue weighted by Gasteiger charge is 2.29. The number of ether oxygens (including phenoxy) is 2. The fraction of sp³-hybridized carbons (Fsp3) is 0.265. The molecule has 0 aliphatic carbocycles. The Bertz CT molecular complexity index is 1880. The molecule has 1 fully saturated rings. The Labute approximate surface area is 266 Å². The van der Waals surface area contributed by atoms with E-state index in [1.165, 1.54) is 4.90 Å². The summed E-state index contributed by atoms with van der Waals surface area (Å²) in [5.41, 5.74) is 4.66. The molecule has 12 heteroatoms. The van der Waals surface area contributed by atoms with Crippen molar-refractivity contribution in [3.05, 3.63) is 89.7 Å². The first-order valence-corrected chi connectivity index (χ1v) is 15.0. The lowest BCUT2D eigenvalue weighted by Crippen LogP contribution is -2.40. The minimum absolute atomic E-state index is 0.153. The van der Waals surface area contributed by atoms with Crippen LogP contribution in [0.25, 0.3) is 22.2 Å². The molecule has 3 aromatic heterocycles. The Hall–Kier alpha value is -5.65. The van der Waals surface area contributed by atoms with E-state index in [1.807, 2.05) is 48.0 Å². The van der Waals surface area contributed by atoms with Crippen molar-refractivity contribution in [2.45, 2.75) is 32.4 Å². The van der Waals surface area contributed by atoms with Crippen molar-refractivity contribution in [3.8, 4) is 22.8 Å². The number of piperidine rings is 1. The van der Waals surface area contributed by atoms with Gasteiger partial charge in [-0.05, 0) is 61.7 Å². The number of methoxy groups -OCH3 is 2. The molecule has 1 atom stereocenters. The van der Waals surface area contributed by atoms with Gasteiger partial charge in [0.25, 0.3) is 5.91 Å². The molecule has 1 aliphatic rings. The molecular formula is C34H35N7O5. The number of anilines is 2. The summed E-state index contributed by atoms with van der Waals surface area (Å²) in [4.78, 5) is 35.2. The third-order valence-electron chi connectivity index (χ3n) is 8.19. The standard InChI is InChI=1S/C34H35N7O5/c1-21-18-36-32(37-19-24-13-14-26(45-2)17-27(24)46-3)29-30(39-41(31(21)29)25-7-6-16-40(20-25)34(43)44)22-9-11-23(12-10-22)33(42)38-28-8-4-5-15-35-28/h4-5,8-15,17-18,25H,6-7,16,19-20H2,1-3H3,(H,36,37)(H,43,44)(H,35,38,42)/t25-/m1/s1. The van der Waals surface area contributed by atoms with E-state index in [0.29, 0.717) is 54.0 Å². The van der Waals surface area contributed by atoms with E-state index in [4.69, 9.17) is 19.6 Å². The zero-order chi connectivity index (χ0) is 32.2. The fourth-order valence-corrected chi connectivity index (χ4v) is 5.83. The third kappa shape index (κ3) is 6.14. The first kappa shape index (κ1) is 30.4. The summed E-state index contributed by atoms with van der Waals surface area (Å²) in [6.45, 7) is 3.24. The summed E-state index contributed by atoms with van der Waals surface area (Å²) in [6.07, 6.45) is 4.02. The molecule has 1 aliphatic heterocycles. The maximum absolute atomic E-state index is 12.9. The Morgan fingerprint density at radius 2 is 1.87 bits per heavy atom. The van der Waals surface area contributed by atoms with Gasteiger partial charge in [0.2, 0.25) is 0 Å². The van der Waals surface area contributed by atoms with Crippen LogP contribution in [0.15, 0.2) is 73.1 Å². The van der Waals surface area contributed by atoms with E-state index in [9.17, 15) is 14.7 Å². The predicted octanol–water partition coefficient (Wildman–Crippen LogP) is 6.00. The first-order chi connectivity index (χ1) is 22.4. The number of nitrogens with zero attached hydrogens (tertiary/aromatic N) is 5. The van der Waals surface area contributed by atoms with Gasteiger partial charge in [0.1, 0.15) is 28.8 Å². The Morgan fingerprint density at radius 1 is 1.04 bits per heavy atom. The number of hydrogen-bond donors (Lipinski definition) is 3. The smallest absolute Gasteiger partial charge is 0.407 e. The zero-order valence-electron chi connectivity index (χ0n) is 25.9. The number of amides is 2. The summed E-state index contributed by atoms with van der Waals surface area (Å²) < 4.78 is 12.9. The van der Waals surface area contributed by atoms with E-state index < -0.39 is 6.09 Å². The molecule has 0 unspecified atom stereocenters. The van der Waals surface area contributed by atoms with Crippen LogP contribution in [-0.2, 0) is 6.54 Å². The van der Waals surface area contributed by atoms with Gasteiger partial charge in [0.15, 0.2) is 0 Å². The van der Waals surface area contributed by atoms with E-state index in [1.54, 1.807) is 50.9 Å². The average molecular weight is 622 g/mol. The van der Waals surface area contributed by atoms with E-state index >= 15 is 0 Å². The summed E-state index contributed by atoms with van der Waals surface area (Å²) >= 11 is 0. The van der Waals surface area contributed by atoms with Gasteiger partial charge in [-0.25, -0.2) is 14.8 Å². The van der Waals surface area contributed by atoms with Crippen molar-refractivity contribution in [2.24, 2.45) is 0 Å². The van der Waals surface area contributed by atoms with Crippen molar-refractivity contribution in [1.82, 2.24) is 24.6 Å². The molecule has 236 valence electrons. The van der Waals surface area contributed by atoms with Crippen LogP contribution in [0.4, 0.5) is 16.4 Å². The van der Waals surface area contributed by atoms with Crippen molar-refractivity contribution in [1.29, 1.82) is 0 Å². The number of aromatic nitrogens is 4. The molecule has 12 nitrogen and oxygen atoms in total. The first-order valence-electron chi connectivity index (χ1n) is 15.0. The minimum Gasteiger partial charge on any atom is -0.497 e. The van der Waals surface area contributed by atoms with Gasteiger partial charge < -0.3 is 30.1 Å². The number of rotatable bonds is 9. The van der Waals surface area contributed by atoms with Crippen molar-refractivity contribution < 1.29 is 24.2 Å². The number of likely N-dealkylation sites (tertiary alicyclic amines) is 1. The summed E-state index contributed by atoms with van der Waals surface area (Å²) in [5, 5.41) is 22.0. The second kappa shape index (κ2) is 13.1. The number of pyridine rings is 2. The van der Waals surface area contributed by atoms with Crippen LogP contribution in [0.2, 0.25) is 0 Å². The van der Waals surface area contributed by atoms with Crippen LogP contribution >= 0.6 is 0 Å². The van der Waals surface area contributed by atoms with Crippen LogP contribution in [-0.4, -0.2) is 69.1 Å². The molecule has 0 saturated carbocycles. The van der Waals surface area contributed by atoms with Gasteiger partial charge >= 0.3 is 6.09 Å². The van der Waals surface area contributed by atoms with Crippen molar-refractivity contribution in [2.75, 3.05) is 37.9 Å². The molecule has 1 saturated heterocycles. The number of fused-ring (bicyclic) bond motifs is 1. The van der Waals surface area contributed by atoms with Crippen LogP contribution < -0.4 is 20.1 Å². The minimum atomic E-state index is -0.935. The van der Waals surface area contributed by atoms with Gasteiger partial charge in [-0.1, -0.05) is 18.2 Å². The molecule has 6 rings (SSSR count). The van der Waals surface area contributed by atoms with Crippen molar-refractivity contribution >= 4 is 34.5 Å². The normalized spacial score (nSPS) is 14.6. The number of carbonyl (C=O) groups is 2. The molecule has 0 bridgehead atoms. The summed E-state index contributed by atoms with van der Waals surface area (Å²) in [7, 11) is 3.23. The van der Waals surface area contributed by atoms with Gasteiger partial charge in [0.05, 0.1) is 31.2 Å². The second-order valence-electron chi connectivity index (χ2n) is 11.1. The predicted molar refractivity (Wildman–Crippen MR) is 175 cm³/mol. The van der Waals surface area contributed by atoms with Gasteiger partial charge in [-0.3, -0.25) is 9.48 Å². The molecule has 0 radical (unpaired) electrons. The maximum Gasteiger partial charge on any atom is 0.407 e. The van der Waals surface area contributed by atoms with Gasteiger partial charge in [0, 0.05) is 54.8 Å². The fourth-order valence-electron chi connectivity index (χ4n) is 5.83. The number of carbonyl (C=O) groups excluding carboxylic acids is 1. The van der Waals surface area contributed by atoms with Crippen LogP contribution in [0.3, 0.4) is 0 Å². The lowest BCUT2D eigenvalue weighted by Gasteiger charge is -2.31. The highest BCUT2D eigenvalue weighted by Crippen LogP contribution is 2.38. The monoisotopic (exact) mass is 621 g/mol. The molecule has 2 aromatic carbocycles. The quantitative estimate of drug-likeness (QED) is 0.181.